The second-order valence-electron chi connectivity index (χ2n) is 4.25. The second-order valence-corrected chi connectivity index (χ2v) is 5.10. The fourth-order valence-electron chi connectivity index (χ4n) is 2.44. The summed E-state index contributed by atoms with van der Waals surface area (Å²) in [6, 6.07) is 12.2. The van der Waals surface area contributed by atoms with Gasteiger partial charge in [-0.15, -0.1) is 0 Å². The number of aromatic nitrogens is 1. The summed E-state index contributed by atoms with van der Waals surface area (Å²) in [5.41, 5.74) is 2.23. The summed E-state index contributed by atoms with van der Waals surface area (Å²) >= 11 is 3.59. The molecule has 3 aromatic rings. The van der Waals surface area contributed by atoms with Crippen LogP contribution in [0.25, 0.3) is 21.9 Å². The Hall–Kier alpha value is -1.87. The number of benzene rings is 2. The average molecular weight is 298 g/mol. The second kappa shape index (κ2) is 3.56. The quantitative estimate of drug-likeness (QED) is 0.466. The van der Waals surface area contributed by atoms with Crippen molar-refractivity contribution in [2.75, 3.05) is 0 Å². The lowest BCUT2D eigenvalue weighted by molar-refractivity contribution is 0.486. The molecular formula is C15H8BrNO. The first-order valence-electron chi connectivity index (χ1n) is 5.68. The first kappa shape index (κ1) is 10.1. The van der Waals surface area contributed by atoms with E-state index in [0.717, 1.165) is 26.9 Å². The summed E-state index contributed by atoms with van der Waals surface area (Å²) in [6.45, 7) is 0. The monoisotopic (exact) mass is 297 g/mol. The minimum absolute atomic E-state index is 0.868. The third-order valence-corrected chi connectivity index (χ3v) is 3.93. The molecule has 0 saturated carbocycles. The normalized spacial score (nSPS) is 12.1. The van der Waals surface area contributed by atoms with Crippen molar-refractivity contribution in [2.24, 2.45) is 0 Å². The lowest BCUT2D eigenvalue weighted by Crippen LogP contribution is -1.97. The number of fused-ring (bicyclic) bond motifs is 2. The van der Waals surface area contributed by atoms with Crippen LogP contribution in [0.15, 0.2) is 53.3 Å². The molecule has 1 aliphatic rings. The third kappa shape index (κ3) is 1.25. The molecule has 18 heavy (non-hydrogen) atoms. The number of ether oxygens (including phenoxy) is 1. The van der Waals surface area contributed by atoms with E-state index in [4.69, 9.17) is 4.74 Å². The van der Waals surface area contributed by atoms with Gasteiger partial charge in [-0.1, -0.05) is 34.1 Å². The Balaban J connectivity index is 2.22. The van der Waals surface area contributed by atoms with E-state index in [1.165, 1.54) is 10.9 Å². The van der Waals surface area contributed by atoms with E-state index in [1.54, 1.807) is 6.20 Å². The highest BCUT2D eigenvalue weighted by Gasteiger charge is 2.20. The van der Waals surface area contributed by atoms with Gasteiger partial charge in [-0.3, -0.25) is 4.98 Å². The lowest BCUT2D eigenvalue weighted by atomic mass is 9.96. The molecule has 2 nitrogen and oxygen atoms in total. The molecule has 86 valence electrons. The van der Waals surface area contributed by atoms with Crippen molar-refractivity contribution in [3.63, 3.8) is 0 Å². The van der Waals surface area contributed by atoms with Gasteiger partial charge < -0.3 is 4.74 Å². The number of pyridine rings is 1. The summed E-state index contributed by atoms with van der Waals surface area (Å²) in [4.78, 5) is 4.19. The van der Waals surface area contributed by atoms with E-state index < -0.39 is 0 Å². The number of halogens is 1. The Morgan fingerprint density at radius 1 is 0.944 bits per heavy atom. The third-order valence-electron chi connectivity index (χ3n) is 3.24. The Labute approximate surface area is 112 Å². The Kier molecular flexibility index (Phi) is 2.00. The Bertz CT molecular complexity index is 783. The van der Waals surface area contributed by atoms with Crippen molar-refractivity contribution < 1.29 is 4.74 Å². The van der Waals surface area contributed by atoms with Gasteiger partial charge in [0.1, 0.15) is 11.5 Å². The number of nitrogens with zero attached hydrogens (tertiary/aromatic N) is 1. The molecule has 3 heteroatoms. The molecule has 0 radical (unpaired) electrons. The maximum atomic E-state index is 5.94. The fourth-order valence-corrected chi connectivity index (χ4v) is 2.90. The first-order valence-corrected chi connectivity index (χ1v) is 6.47. The summed E-state index contributed by atoms with van der Waals surface area (Å²) in [6.07, 6.45) is 3.61. The van der Waals surface area contributed by atoms with E-state index in [0.29, 0.717) is 0 Å². The van der Waals surface area contributed by atoms with Gasteiger partial charge in [-0.25, -0.2) is 0 Å². The predicted molar refractivity (Wildman–Crippen MR) is 75.0 cm³/mol. The van der Waals surface area contributed by atoms with Crippen molar-refractivity contribution in [2.45, 2.75) is 0 Å². The van der Waals surface area contributed by atoms with Gasteiger partial charge in [-0.2, -0.15) is 0 Å². The fraction of sp³-hybridized carbons (Fsp3) is 0. The van der Waals surface area contributed by atoms with Crippen molar-refractivity contribution in [3.8, 4) is 22.6 Å². The van der Waals surface area contributed by atoms with Crippen molar-refractivity contribution in [1.82, 2.24) is 4.98 Å². The van der Waals surface area contributed by atoms with Crippen LogP contribution in [-0.2, 0) is 0 Å². The van der Waals surface area contributed by atoms with Crippen molar-refractivity contribution in [3.05, 3.63) is 53.3 Å². The van der Waals surface area contributed by atoms with Crippen LogP contribution in [0.3, 0.4) is 0 Å². The largest absolute Gasteiger partial charge is 0.456 e. The molecule has 0 saturated heterocycles. The molecule has 0 spiro atoms. The van der Waals surface area contributed by atoms with Crippen LogP contribution in [0.1, 0.15) is 0 Å². The average Bonchev–Trinajstić information content (AvgIpc) is 2.42. The highest BCUT2D eigenvalue weighted by atomic mass is 79.9. The molecule has 0 amide bonds. The Morgan fingerprint density at radius 3 is 2.83 bits per heavy atom. The van der Waals surface area contributed by atoms with Crippen LogP contribution >= 0.6 is 15.9 Å². The van der Waals surface area contributed by atoms with E-state index in [1.807, 2.05) is 24.4 Å². The van der Waals surface area contributed by atoms with Crippen LogP contribution in [0, 0.1) is 0 Å². The van der Waals surface area contributed by atoms with Gasteiger partial charge in [0.2, 0.25) is 0 Å². The number of rotatable bonds is 0. The number of hydrogen-bond acceptors (Lipinski definition) is 2. The predicted octanol–water partition coefficient (Wildman–Crippen LogP) is 4.77. The topological polar surface area (TPSA) is 22.1 Å². The molecule has 0 aliphatic carbocycles. The van der Waals surface area contributed by atoms with Gasteiger partial charge in [0.15, 0.2) is 0 Å². The highest BCUT2D eigenvalue weighted by Crippen LogP contribution is 2.47. The van der Waals surface area contributed by atoms with Gasteiger partial charge in [0.05, 0.1) is 0 Å². The maximum Gasteiger partial charge on any atom is 0.138 e. The summed E-state index contributed by atoms with van der Waals surface area (Å²) < 4.78 is 7.03. The van der Waals surface area contributed by atoms with Crippen molar-refractivity contribution in [1.29, 1.82) is 0 Å². The molecular weight excluding hydrogens is 290 g/mol. The summed E-state index contributed by atoms with van der Waals surface area (Å²) in [5.74, 6) is 1.77. The summed E-state index contributed by atoms with van der Waals surface area (Å²) in [7, 11) is 0. The lowest BCUT2D eigenvalue weighted by Gasteiger charge is -2.21. The Morgan fingerprint density at radius 2 is 1.89 bits per heavy atom. The van der Waals surface area contributed by atoms with Gasteiger partial charge in [-0.05, 0) is 23.8 Å². The minimum Gasteiger partial charge on any atom is -0.456 e. The first-order chi connectivity index (χ1) is 8.84. The van der Waals surface area contributed by atoms with Crippen molar-refractivity contribution >= 4 is 26.7 Å². The molecule has 0 atom stereocenters. The van der Waals surface area contributed by atoms with Gasteiger partial charge >= 0.3 is 0 Å². The molecule has 4 rings (SSSR count). The molecule has 1 aliphatic heterocycles. The highest BCUT2D eigenvalue weighted by molar-refractivity contribution is 9.10. The molecule has 2 aromatic carbocycles. The standard InChI is InChI=1S/C15H8BrNO/c16-12-5-4-9-11-8-17-7-6-13(11)18-14-3-1-2-10(12)15(9)14/h1-8H. The zero-order chi connectivity index (χ0) is 12.1. The van der Waals surface area contributed by atoms with Crippen LogP contribution in [-0.4, -0.2) is 4.98 Å². The smallest absolute Gasteiger partial charge is 0.138 e. The van der Waals surface area contributed by atoms with Gasteiger partial charge in [0, 0.05) is 33.2 Å². The van der Waals surface area contributed by atoms with Crippen LogP contribution < -0.4 is 4.74 Å². The van der Waals surface area contributed by atoms with E-state index in [2.05, 4.69) is 39.1 Å². The zero-order valence-corrected chi connectivity index (χ0v) is 10.9. The SMILES string of the molecule is Brc1ccc2c3c(cccc13)Oc1ccncc1-2. The van der Waals surface area contributed by atoms with Crippen LogP contribution in [0.2, 0.25) is 0 Å². The van der Waals surface area contributed by atoms with E-state index in [-0.39, 0.29) is 0 Å². The van der Waals surface area contributed by atoms with E-state index >= 15 is 0 Å². The van der Waals surface area contributed by atoms with E-state index in [9.17, 15) is 0 Å². The summed E-state index contributed by atoms with van der Waals surface area (Å²) in [5, 5.41) is 2.31. The number of hydrogen-bond donors (Lipinski definition) is 0. The van der Waals surface area contributed by atoms with Crippen LogP contribution in [0.4, 0.5) is 0 Å². The zero-order valence-electron chi connectivity index (χ0n) is 9.35. The molecule has 0 bridgehead atoms. The maximum absolute atomic E-state index is 5.94. The minimum atomic E-state index is 0.868. The van der Waals surface area contributed by atoms with Gasteiger partial charge in [0.25, 0.3) is 0 Å². The molecule has 2 heterocycles. The molecule has 0 fully saturated rings. The molecule has 0 N–H and O–H groups in total. The molecule has 0 unspecified atom stereocenters. The van der Waals surface area contributed by atoms with Crippen LogP contribution in [0.5, 0.6) is 11.5 Å². The molecule has 1 aromatic heterocycles.